The Balaban J connectivity index is 1.85. The van der Waals surface area contributed by atoms with Gasteiger partial charge >= 0.3 is 0 Å². The van der Waals surface area contributed by atoms with E-state index in [1.165, 1.54) is 6.42 Å². The fraction of sp³-hybridized carbons (Fsp3) is 0.818. The number of hydrogen-bond donors (Lipinski definition) is 1. The molecular weight excluding hydrogens is 206 g/mol. The number of piperidine rings is 1. The topological polar surface area (TPSA) is 60.2 Å². The predicted octanol–water partition coefficient (Wildman–Crippen LogP) is 1.12. The molecule has 16 heavy (non-hydrogen) atoms. The van der Waals surface area contributed by atoms with Gasteiger partial charge in [0.15, 0.2) is 5.82 Å². The third kappa shape index (κ3) is 3.02. The summed E-state index contributed by atoms with van der Waals surface area (Å²) in [4.78, 5) is 4.41. The summed E-state index contributed by atoms with van der Waals surface area (Å²) in [6.07, 6.45) is 3.05. The number of hydrogen-bond acceptors (Lipinski definition) is 5. The zero-order valence-corrected chi connectivity index (χ0v) is 9.74. The summed E-state index contributed by atoms with van der Waals surface area (Å²) < 4.78 is 10.4. The Bertz CT molecular complexity index is 308. The third-order valence-electron chi connectivity index (χ3n) is 2.81. The summed E-state index contributed by atoms with van der Waals surface area (Å²) in [5.41, 5.74) is 0. The van der Waals surface area contributed by atoms with E-state index in [0.29, 0.717) is 24.8 Å². The van der Waals surface area contributed by atoms with Crippen LogP contribution in [0.2, 0.25) is 0 Å². The van der Waals surface area contributed by atoms with Crippen molar-refractivity contribution in [1.29, 1.82) is 0 Å². The first-order valence-corrected chi connectivity index (χ1v) is 6.01. The second-order valence-corrected chi connectivity index (χ2v) is 4.04. The van der Waals surface area contributed by atoms with Gasteiger partial charge < -0.3 is 14.6 Å². The van der Waals surface area contributed by atoms with E-state index in [0.717, 1.165) is 31.9 Å². The predicted molar refractivity (Wildman–Crippen MR) is 59.3 cm³/mol. The largest absolute Gasteiger partial charge is 0.381 e. The van der Waals surface area contributed by atoms with Crippen LogP contribution in [-0.2, 0) is 11.2 Å². The molecule has 1 aromatic heterocycles. The zero-order valence-electron chi connectivity index (χ0n) is 9.74. The minimum Gasteiger partial charge on any atom is -0.381 e. The van der Waals surface area contributed by atoms with E-state index in [1.54, 1.807) is 0 Å². The molecule has 0 amide bonds. The van der Waals surface area contributed by atoms with Gasteiger partial charge in [-0.25, -0.2) is 0 Å². The molecule has 0 aliphatic carbocycles. The molecule has 2 rings (SSSR count). The summed E-state index contributed by atoms with van der Waals surface area (Å²) in [5, 5.41) is 7.39. The Morgan fingerprint density at radius 3 is 3.25 bits per heavy atom. The zero-order chi connectivity index (χ0) is 11.2. The molecule has 0 radical (unpaired) electrons. The van der Waals surface area contributed by atoms with Crippen molar-refractivity contribution >= 4 is 0 Å². The normalized spacial score (nSPS) is 21.2. The lowest BCUT2D eigenvalue weighted by Crippen LogP contribution is -2.28. The standard InChI is InChI=1S/C11H19N3O2/c1-2-15-7-5-10-13-11(14-16-10)9-4-3-6-12-8-9/h9,12H,2-8H2,1H3. The van der Waals surface area contributed by atoms with E-state index in [1.807, 2.05) is 6.92 Å². The van der Waals surface area contributed by atoms with Crippen LogP contribution in [0, 0.1) is 0 Å². The van der Waals surface area contributed by atoms with Crippen molar-refractivity contribution in [2.45, 2.75) is 32.1 Å². The van der Waals surface area contributed by atoms with Gasteiger partial charge in [0, 0.05) is 19.1 Å². The third-order valence-corrected chi connectivity index (χ3v) is 2.81. The van der Waals surface area contributed by atoms with Crippen molar-refractivity contribution in [1.82, 2.24) is 15.5 Å². The highest BCUT2D eigenvalue weighted by molar-refractivity contribution is 4.98. The maximum absolute atomic E-state index is 5.25. The molecule has 90 valence electrons. The summed E-state index contributed by atoms with van der Waals surface area (Å²) in [7, 11) is 0. The molecule has 1 saturated heterocycles. The molecule has 0 spiro atoms. The number of rotatable bonds is 5. The Kier molecular flexibility index (Phi) is 4.30. The van der Waals surface area contributed by atoms with Gasteiger partial charge in [0.1, 0.15) is 0 Å². The number of aromatic nitrogens is 2. The highest BCUT2D eigenvalue weighted by Crippen LogP contribution is 2.20. The summed E-state index contributed by atoms with van der Waals surface area (Å²) in [5.74, 6) is 1.95. The van der Waals surface area contributed by atoms with Crippen molar-refractivity contribution in [3.63, 3.8) is 0 Å². The molecule has 0 bridgehead atoms. The van der Waals surface area contributed by atoms with Crippen molar-refractivity contribution in [2.75, 3.05) is 26.3 Å². The quantitative estimate of drug-likeness (QED) is 0.761. The van der Waals surface area contributed by atoms with Crippen molar-refractivity contribution < 1.29 is 9.26 Å². The fourth-order valence-electron chi connectivity index (χ4n) is 1.91. The van der Waals surface area contributed by atoms with Gasteiger partial charge in [-0.3, -0.25) is 0 Å². The molecular formula is C11H19N3O2. The second-order valence-electron chi connectivity index (χ2n) is 4.04. The van der Waals surface area contributed by atoms with Crippen LogP contribution in [0.3, 0.4) is 0 Å². The van der Waals surface area contributed by atoms with Crippen LogP contribution in [0.5, 0.6) is 0 Å². The maximum Gasteiger partial charge on any atom is 0.228 e. The van der Waals surface area contributed by atoms with Crippen molar-refractivity contribution in [3.8, 4) is 0 Å². The lowest BCUT2D eigenvalue weighted by molar-refractivity contribution is 0.144. The number of ether oxygens (including phenoxy) is 1. The van der Waals surface area contributed by atoms with Crippen LogP contribution in [0.15, 0.2) is 4.52 Å². The van der Waals surface area contributed by atoms with Gasteiger partial charge in [-0.1, -0.05) is 5.16 Å². The van der Waals surface area contributed by atoms with Gasteiger partial charge in [0.05, 0.1) is 13.0 Å². The van der Waals surface area contributed by atoms with E-state index in [4.69, 9.17) is 9.26 Å². The van der Waals surface area contributed by atoms with E-state index in [2.05, 4.69) is 15.5 Å². The smallest absolute Gasteiger partial charge is 0.228 e. The highest BCUT2D eigenvalue weighted by Gasteiger charge is 2.20. The molecule has 0 aromatic carbocycles. The Morgan fingerprint density at radius 1 is 1.56 bits per heavy atom. The molecule has 1 aliphatic rings. The Hall–Kier alpha value is -0.940. The first kappa shape index (κ1) is 11.5. The van der Waals surface area contributed by atoms with E-state index in [-0.39, 0.29) is 0 Å². The lowest BCUT2D eigenvalue weighted by Gasteiger charge is -2.19. The van der Waals surface area contributed by atoms with Gasteiger partial charge in [-0.05, 0) is 26.3 Å². The molecule has 1 aliphatic heterocycles. The lowest BCUT2D eigenvalue weighted by atomic mass is 9.99. The van der Waals surface area contributed by atoms with Gasteiger partial charge in [0.2, 0.25) is 5.89 Å². The van der Waals surface area contributed by atoms with Crippen LogP contribution in [0.25, 0.3) is 0 Å². The molecule has 1 atom stereocenters. The Labute approximate surface area is 95.6 Å². The van der Waals surface area contributed by atoms with Gasteiger partial charge in [-0.2, -0.15) is 4.98 Å². The summed E-state index contributed by atoms with van der Waals surface area (Å²) in [6, 6.07) is 0. The first-order valence-electron chi connectivity index (χ1n) is 6.01. The minimum atomic E-state index is 0.415. The molecule has 1 fully saturated rings. The molecule has 1 unspecified atom stereocenters. The molecule has 2 heterocycles. The van der Waals surface area contributed by atoms with Crippen LogP contribution in [-0.4, -0.2) is 36.4 Å². The fourth-order valence-corrected chi connectivity index (χ4v) is 1.91. The van der Waals surface area contributed by atoms with Crippen LogP contribution >= 0.6 is 0 Å². The van der Waals surface area contributed by atoms with Crippen molar-refractivity contribution in [2.24, 2.45) is 0 Å². The number of nitrogens with zero attached hydrogens (tertiary/aromatic N) is 2. The average Bonchev–Trinajstić information content (AvgIpc) is 2.79. The highest BCUT2D eigenvalue weighted by atomic mass is 16.5. The average molecular weight is 225 g/mol. The monoisotopic (exact) mass is 225 g/mol. The van der Waals surface area contributed by atoms with Crippen molar-refractivity contribution in [3.05, 3.63) is 11.7 Å². The van der Waals surface area contributed by atoms with E-state index in [9.17, 15) is 0 Å². The van der Waals surface area contributed by atoms with Gasteiger partial charge in [-0.15, -0.1) is 0 Å². The van der Waals surface area contributed by atoms with Crippen LogP contribution in [0.4, 0.5) is 0 Å². The second kappa shape index (κ2) is 5.96. The van der Waals surface area contributed by atoms with Crippen LogP contribution < -0.4 is 5.32 Å². The van der Waals surface area contributed by atoms with Crippen LogP contribution in [0.1, 0.15) is 37.4 Å². The molecule has 1 aromatic rings. The Morgan fingerprint density at radius 2 is 2.50 bits per heavy atom. The summed E-state index contributed by atoms with van der Waals surface area (Å²) >= 11 is 0. The number of nitrogens with one attached hydrogen (secondary N) is 1. The van der Waals surface area contributed by atoms with Gasteiger partial charge in [0.25, 0.3) is 0 Å². The van der Waals surface area contributed by atoms with E-state index >= 15 is 0 Å². The minimum absolute atomic E-state index is 0.415. The molecule has 5 nitrogen and oxygen atoms in total. The maximum atomic E-state index is 5.25. The molecule has 1 N–H and O–H groups in total. The SMILES string of the molecule is CCOCCc1nc(C2CCCNC2)no1. The molecule has 5 heteroatoms. The molecule has 0 saturated carbocycles. The van der Waals surface area contributed by atoms with E-state index < -0.39 is 0 Å². The summed E-state index contributed by atoms with van der Waals surface area (Å²) in [6.45, 7) is 5.43. The first-order chi connectivity index (χ1) is 7.90.